The highest BCUT2D eigenvalue weighted by molar-refractivity contribution is 6.31. The van der Waals surface area contributed by atoms with Gasteiger partial charge in [0.1, 0.15) is 5.75 Å². The van der Waals surface area contributed by atoms with E-state index in [4.69, 9.17) is 11.6 Å². The van der Waals surface area contributed by atoms with Crippen molar-refractivity contribution in [1.82, 2.24) is 0 Å². The Bertz CT molecular complexity index is 559. The topological polar surface area (TPSA) is 37.3 Å². The number of hydrogen-bond acceptors (Lipinski definition) is 2. The number of Topliss-reactive ketones (excluding diaryl/α,β-unsaturated/α-hetero) is 1. The summed E-state index contributed by atoms with van der Waals surface area (Å²) < 4.78 is 0. The average molecular weight is 247 g/mol. The lowest BCUT2D eigenvalue weighted by Gasteiger charge is -2.06. The molecule has 3 heteroatoms. The molecule has 0 bridgehead atoms. The zero-order valence-corrected chi connectivity index (χ0v) is 10.0. The second-order valence-electron chi connectivity index (χ2n) is 3.80. The Balaban J connectivity index is 2.46. The Morgan fingerprint density at radius 2 is 1.76 bits per heavy atom. The van der Waals surface area contributed by atoms with E-state index < -0.39 is 0 Å². The van der Waals surface area contributed by atoms with Gasteiger partial charge < -0.3 is 5.11 Å². The molecule has 0 heterocycles. The number of phenols is 1. The Hall–Kier alpha value is -1.80. The van der Waals surface area contributed by atoms with Gasteiger partial charge in [-0.25, -0.2) is 0 Å². The van der Waals surface area contributed by atoms with E-state index in [1.54, 1.807) is 42.5 Å². The maximum absolute atomic E-state index is 11.1. The Kier molecular flexibility index (Phi) is 3.16. The first-order valence-electron chi connectivity index (χ1n) is 5.18. The van der Waals surface area contributed by atoms with Crippen molar-refractivity contribution in [3.8, 4) is 16.9 Å². The molecule has 0 atom stereocenters. The molecule has 0 unspecified atom stereocenters. The molecule has 2 rings (SSSR count). The number of phenolic OH excluding ortho intramolecular Hbond substituents is 1. The van der Waals surface area contributed by atoms with Crippen LogP contribution in [0.2, 0.25) is 5.02 Å². The van der Waals surface area contributed by atoms with Gasteiger partial charge in [-0.2, -0.15) is 0 Å². The molecule has 0 saturated heterocycles. The number of rotatable bonds is 2. The largest absolute Gasteiger partial charge is 0.507 e. The molecule has 0 amide bonds. The molecule has 0 saturated carbocycles. The Labute approximate surface area is 104 Å². The lowest BCUT2D eigenvalue weighted by molar-refractivity contribution is 0.101. The summed E-state index contributed by atoms with van der Waals surface area (Å²) in [5.74, 6) is 0.192. The van der Waals surface area contributed by atoms with E-state index in [0.29, 0.717) is 16.1 Å². The molecule has 2 aromatic rings. The van der Waals surface area contributed by atoms with Crippen molar-refractivity contribution in [1.29, 1.82) is 0 Å². The molecule has 0 aliphatic heterocycles. The van der Waals surface area contributed by atoms with Gasteiger partial charge in [-0.3, -0.25) is 4.79 Å². The minimum atomic E-state index is 0.0202. The monoisotopic (exact) mass is 246 g/mol. The SMILES string of the molecule is CC(=O)c1ccc(-c2cc(Cl)ccc2O)cc1. The van der Waals surface area contributed by atoms with E-state index in [1.165, 1.54) is 6.92 Å². The molecular formula is C14H11ClO2. The number of hydrogen-bond donors (Lipinski definition) is 1. The van der Waals surface area contributed by atoms with E-state index in [2.05, 4.69) is 0 Å². The highest BCUT2D eigenvalue weighted by Crippen LogP contribution is 2.31. The predicted octanol–water partition coefficient (Wildman–Crippen LogP) is 3.92. The second-order valence-corrected chi connectivity index (χ2v) is 4.23. The molecule has 0 aliphatic rings. The summed E-state index contributed by atoms with van der Waals surface area (Å²) in [5.41, 5.74) is 2.14. The van der Waals surface area contributed by atoms with Gasteiger partial charge in [0.05, 0.1) is 0 Å². The molecule has 86 valence electrons. The van der Waals surface area contributed by atoms with Crippen LogP contribution in [0.1, 0.15) is 17.3 Å². The van der Waals surface area contributed by atoms with Gasteiger partial charge in [0.15, 0.2) is 5.78 Å². The van der Waals surface area contributed by atoms with Crippen LogP contribution >= 0.6 is 11.6 Å². The van der Waals surface area contributed by atoms with Crippen LogP contribution in [0.3, 0.4) is 0 Å². The van der Waals surface area contributed by atoms with E-state index in [-0.39, 0.29) is 11.5 Å². The molecule has 0 aromatic heterocycles. The zero-order valence-electron chi connectivity index (χ0n) is 9.27. The summed E-state index contributed by atoms with van der Waals surface area (Å²) >= 11 is 5.88. The van der Waals surface area contributed by atoms with Crippen LogP contribution in [-0.4, -0.2) is 10.9 Å². The van der Waals surface area contributed by atoms with E-state index in [9.17, 15) is 9.90 Å². The van der Waals surface area contributed by atoms with E-state index in [0.717, 1.165) is 5.56 Å². The molecule has 1 N–H and O–H groups in total. The third kappa shape index (κ3) is 2.48. The van der Waals surface area contributed by atoms with E-state index >= 15 is 0 Å². The summed E-state index contributed by atoms with van der Waals surface area (Å²) in [5, 5.41) is 10.3. The van der Waals surface area contributed by atoms with Crippen molar-refractivity contribution < 1.29 is 9.90 Å². The molecule has 0 fully saturated rings. The van der Waals surface area contributed by atoms with Gasteiger partial charge in [-0.1, -0.05) is 35.9 Å². The lowest BCUT2D eigenvalue weighted by Crippen LogP contribution is -1.90. The molecule has 0 radical (unpaired) electrons. The van der Waals surface area contributed by atoms with Crippen LogP contribution in [0.25, 0.3) is 11.1 Å². The standard InChI is InChI=1S/C14H11ClO2/c1-9(16)10-2-4-11(5-3-10)13-8-12(15)6-7-14(13)17/h2-8,17H,1H3. The van der Waals surface area contributed by atoms with Crippen LogP contribution in [0, 0.1) is 0 Å². The molecule has 2 aromatic carbocycles. The third-order valence-corrected chi connectivity index (χ3v) is 2.80. The van der Waals surface area contributed by atoms with Crippen molar-refractivity contribution in [2.75, 3.05) is 0 Å². The summed E-state index contributed by atoms with van der Waals surface area (Å²) in [6.07, 6.45) is 0. The molecule has 2 nitrogen and oxygen atoms in total. The number of carbonyl (C=O) groups excluding carboxylic acids is 1. The number of halogens is 1. The summed E-state index contributed by atoms with van der Waals surface area (Å²) in [4.78, 5) is 11.1. The van der Waals surface area contributed by atoms with Crippen LogP contribution in [0.4, 0.5) is 0 Å². The van der Waals surface area contributed by atoms with Gasteiger partial charge in [-0.15, -0.1) is 0 Å². The average Bonchev–Trinajstić information content (AvgIpc) is 2.32. The van der Waals surface area contributed by atoms with Gasteiger partial charge in [0.25, 0.3) is 0 Å². The third-order valence-electron chi connectivity index (χ3n) is 2.56. The maximum atomic E-state index is 11.1. The van der Waals surface area contributed by atoms with Gasteiger partial charge in [0.2, 0.25) is 0 Å². The highest BCUT2D eigenvalue weighted by atomic mass is 35.5. The fourth-order valence-electron chi connectivity index (χ4n) is 1.62. The predicted molar refractivity (Wildman–Crippen MR) is 68.6 cm³/mol. The second kappa shape index (κ2) is 4.60. The highest BCUT2D eigenvalue weighted by Gasteiger charge is 2.06. The van der Waals surface area contributed by atoms with Crippen LogP contribution in [0.15, 0.2) is 42.5 Å². The van der Waals surface area contributed by atoms with Crippen molar-refractivity contribution in [2.45, 2.75) is 6.92 Å². The van der Waals surface area contributed by atoms with Crippen molar-refractivity contribution in [3.05, 3.63) is 53.1 Å². The van der Waals surface area contributed by atoms with Crippen molar-refractivity contribution >= 4 is 17.4 Å². The number of ketones is 1. The van der Waals surface area contributed by atoms with Gasteiger partial charge in [0, 0.05) is 16.1 Å². The van der Waals surface area contributed by atoms with Crippen molar-refractivity contribution in [2.24, 2.45) is 0 Å². The van der Waals surface area contributed by atoms with Crippen LogP contribution < -0.4 is 0 Å². The number of carbonyl (C=O) groups is 1. The van der Waals surface area contributed by atoms with Crippen molar-refractivity contribution in [3.63, 3.8) is 0 Å². The molecule has 0 aliphatic carbocycles. The van der Waals surface area contributed by atoms with Crippen LogP contribution in [-0.2, 0) is 0 Å². The van der Waals surface area contributed by atoms with Gasteiger partial charge in [-0.05, 0) is 30.7 Å². The first-order valence-corrected chi connectivity index (χ1v) is 5.55. The Morgan fingerprint density at radius 3 is 2.35 bits per heavy atom. The van der Waals surface area contributed by atoms with Crippen LogP contribution in [0.5, 0.6) is 5.75 Å². The number of aromatic hydroxyl groups is 1. The smallest absolute Gasteiger partial charge is 0.159 e. The normalized spacial score (nSPS) is 10.2. The molecule has 17 heavy (non-hydrogen) atoms. The lowest BCUT2D eigenvalue weighted by atomic mass is 10.0. The summed E-state index contributed by atoms with van der Waals surface area (Å²) in [7, 11) is 0. The zero-order chi connectivity index (χ0) is 12.4. The maximum Gasteiger partial charge on any atom is 0.159 e. The molecular weight excluding hydrogens is 236 g/mol. The van der Waals surface area contributed by atoms with E-state index in [1.807, 2.05) is 0 Å². The first kappa shape index (κ1) is 11.7. The minimum absolute atomic E-state index is 0.0202. The Morgan fingerprint density at radius 1 is 1.12 bits per heavy atom. The summed E-state index contributed by atoms with van der Waals surface area (Å²) in [6.45, 7) is 1.52. The first-order chi connectivity index (χ1) is 8.08. The number of benzene rings is 2. The fourth-order valence-corrected chi connectivity index (χ4v) is 1.80. The quantitative estimate of drug-likeness (QED) is 0.816. The fraction of sp³-hybridized carbons (Fsp3) is 0.0714. The molecule has 0 spiro atoms. The summed E-state index contributed by atoms with van der Waals surface area (Å²) in [6, 6.07) is 11.9. The minimum Gasteiger partial charge on any atom is -0.507 e. The van der Waals surface area contributed by atoms with Gasteiger partial charge >= 0.3 is 0 Å².